The van der Waals surface area contributed by atoms with Crippen molar-refractivity contribution in [3.8, 4) is 39.1 Å². The van der Waals surface area contributed by atoms with E-state index in [0.717, 1.165) is 35.6 Å². The Morgan fingerprint density at radius 2 is 1.02 bits per heavy atom. The summed E-state index contributed by atoms with van der Waals surface area (Å²) in [5.41, 5.74) is 16.9. The Morgan fingerprint density at radius 3 is 1.83 bits per heavy atom. The smallest absolute Gasteiger partial charge is 0.0616 e. The van der Waals surface area contributed by atoms with Gasteiger partial charge < -0.3 is 9.47 Å². The molecular weight excluding hydrogens is 701 g/mol. The first-order valence-corrected chi connectivity index (χ1v) is 20.2. The number of benzene rings is 9. The van der Waals surface area contributed by atoms with E-state index in [1.54, 1.807) is 0 Å². The van der Waals surface area contributed by atoms with E-state index in [0.29, 0.717) is 0 Å². The Kier molecular flexibility index (Phi) is 8.33. The topological polar surface area (TPSA) is 8.17 Å². The minimum absolute atomic E-state index is 1.08. The second-order valence-electron chi connectivity index (χ2n) is 15.3. The van der Waals surface area contributed by atoms with Gasteiger partial charge in [-0.1, -0.05) is 158 Å². The van der Waals surface area contributed by atoms with Crippen LogP contribution in [0.1, 0.15) is 17.5 Å². The molecule has 2 heteroatoms. The molecule has 0 spiro atoms. The summed E-state index contributed by atoms with van der Waals surface area (Å²) in [4.78, 5) is 2.38. The van der Waals surface area contributed by atoms with E-state index < -0.39 is 0 Å². The summed E-state index contributed by atoms with van der Waals surface area (Å²) in [6.07, 6.45) is 6.82. The van der Waals surface area contributed by atoms with Gasteiger partial charge in [0.15, 0.2) is 0 Å². The minimum atomic E-state index is 1.08. The average molecular weight is 741 g/mol. The molecule has 11 rings (SSSR count). The number of hydrogen-bond acceptors (Lipinski definition) is 1. The van der Waals surface area contributed by atoms with Crippen LogP contribution in [0, 0.1) is 0 Å². The third kappa shape index (κ3) is 5.98. The number of allylic oxidation sites excluding steroid dienone is 1. The fraction of sp³-hybridized carbons (Fsp3) is 0.0357. The molecule has 0 unspecified atom stereocenters. The molecule has 0 saturated heterocycles. The first-order valence-electron chi connectivity index (χ1n) is 20.2. The van der Waals surface area contributed by atoms with Gasteiger partial charge in [-0.25, -0.2) is 0 Å². The van der Waals surface area contributed by atoms with Crippen LogP contribution in [0.5, 0.6) is 0 Å². The van der Waals surface area contributed by atoms with Crippen LogP contribution in [0.4, 0.5) is 17.1 Å². The third-order valence-corrected chi connectivity index (χ3v) is 11.8. The van der Waals surface area contributed by atoms with Gasteiger partial charge in [-0.2, -0.15) is 0 Å². The number of aromatic nitrogens is 1. The van der Waals surface area contributed by atoms with E-state index in [2.05, 4.69) is 228 Å². The highest BCUT2D eigenvalue weighted by atomic mass is 15.1. The highest BCUT2D eigenvalue weighted by Gasteiger charge is 2.19. The quantitative estimate of drug-likeness (QED) is 0.158. The lowest BCUT2D eigenvalue weighted by Gasteiger charge is -2.27. The number of fused-ring (bicyclic) bond motifs is 6. The van der Waals surface area contributed by atoms with E-state index in [9.17, 15) is 0 Å². The van der Waals surface area contributed by atoms with Crippen molar-refractivity contribution in [2.75, 3.05) is 4.90 Å². The molecule has 2 nitrogen and oxygen atoms in total. The molecule has 1 aliphatic rings. The Balaban J connectivity index is 1.03. The summed E-state index contributed by atoms with van der Waals surface area (Å²) in [7, 11) is 0. The highest BCUT2D eigenvalue weighted by Crippen LogP contribution is 2.41. The van der Waals surface area contributed by atoms with Crippen molar-refractivity contribution >= 4 is 55.7 Å². The zero-order valence-corrected chi connectivity index (χ0v) is 32.1. The summed E-state index contributed by atoms with van der Waals surface area (Å²) < 4.78 is 2.48. The minimum Gasteiger partial charge on any atom is -0.310 e. The van der Waals surface area contributed by atoms with Gasteiger partial charge in [-0.3, -0.25) is 0 Å². The van der Waals surface area contributed by atoms with E-state index in [1.807, 2.05) is 0 Å². The van der Waals surface area contributed by atoms with Crippen LogP contribution >= 0.6 is 0 Å². The first kappa shape index (κ1) is 33.9. The van der Waals surface area contributed by atoms with Crippen molar-refractivity contribution < 1.29 is 0 Å². The lowest BCUT2D eigenvalue weighted by atomic mass is 9.95. The zero-order chi connectivity index (χ0) is 38.4. The fourth-order valence-electron chi connectivity index (χ4n) is 8.96. The maximum Gasteiger partial charge on any atom is 0.0616 e. The lowest BCUT2D eigenvalue weighted by Crippen LogP contribution is -2.10. The van der Waals surface area contributed by atoms with Gasteiger partial charge in [0.1, 0.15) is 0 Å². The normalized spacial score (nSPS) is 12.3. The standard InChI is InChI=1S/C56H40N2/c1-2-13-39(14-3-1)44-18-10-21-49(36-44)57(48-32-29-41(30-33-48)47-28-27-40-15-4-5-17-43(40)35-47)50-22-11-19-45(37-50)46-20-12-23-51(38-46)58-55-26-9-8-25-53(55)54-34-31-42-16-6-7-24-52(42)56(54)58/h1-5,7-15,17-38H,6,16H2. The maximum atomic E-state index is 2.48. The van der Waals surface area contributed by atoms with Gasteiger partial charge in [0.05, 0.1) is 11.0 Å². The number of rotatable bonds is 7. The van der Waals surface area contributed by atoms with Crippen LogP contribution in [0.15, 0.2) is 212 Å². The van der Waals surface area contributed by atoms with E-state index in [4.69, 9.17) is 0 Å². The Bertz CT molecular complexity index is 3170. The molecule has 0 atom stereocenters. The molecule has 1 aromatic heterocycles. The Morgan fingerprint density at radius 1 is 0.397 bits per heavy atom. The summed E-state index contributed by atoms with van der Waals surface area (Å²) in [5, 5.41) is 5.09. The van der Waals surface area contributed by atoms with Gasteiger partial charge in [-0.05, 0) is 123 Å². The molecule has 0 amide bonds. The van der Waals surface area contributed by atoms with Gasteiger partial charge in [0.25, 0.3) is 0 Å². The average Bonchev–Trinajstić information content (AvgIpc) is 3.65. The van der Waals surface area contributed by atoms with Crippen LogP contribution in [0.25, 0.3) is 77.7 Å². The molecule has 1 heterocycles. The summed E-state index contributed by atoms with van der Waals surface area (Å²) in [5.74, 6) is 0. The maximum absolute atomic E-state index is 2.48. The monoisotopic (exact) mass is 740 g/mol. The van der Waals surface area contributed by atoms with Crippen LogP contribution in [0.3, 0.4) is 0 Å². The van der Waals surface area contributed by atoms with Crippen molar-refractivity contribution in [3.63, 3.8) is 0 Å². The Labute approximate surface area is 339 Å². The largest absolute Gasteiger partial charge is 0.310 e. The van der Waals surface area contributed by atoms with E-state index in [1.165, 1.54) is 77.1 Å². The molecule has 0 radical (unpaired) electrons. The first-order chi connectivity index (χ1) is 28.7. The van der Waals surface area contributed by atoms with Gasteiger partial charge in [0.2, 0.25) is 0 Å². The number of para-hydroxylation sites is 1. The van der Waals surface area contributed by atoms with Crippen LogP contribution in [0.2, 0.25) is 0 Å². The lowest BCUT2D eigenvalue weighted by molar-refractivity contribution is 0.986. The third-order valence-electron chi connectivity index (χ3n) is 11.8. The molecule has 0 bridgehead atoms. The molecule has 9 aromatic carbocycles. The van der Waals surface area contributed by atoms with Crippen LogP contribution in [-0.4, -0.2) is 4.57 Å². The molecule has 0 aliphatic heterocycles. The second-order valence-corrected chi connectivity index (χ2v) is 15.3. The fourth-order valence-corrected chi connectivity index (χ4v) is 8.96. The van der Waals surface area contributed by atoms with Gasteiger partial charge >= 0.3 is 0 Å². The Hall–Kier alpha value is -7.42. The zero-order valence-electron chi connectivity index (χ0n) is 32.1. The number of hydrogen-bond donors (Lipinski definition) is 0. The summed E-state index contributed by atoms with van der Waals surface area (Å²) in [6, 6.07) is 75.4. The molecule has 1 aliphatic carbocycles. The van der Waals surface area contributed by atoms with Gasteiger partial charge in [0, 0.05) is 39.1 Å². The van der Waals surface area contributed by atoms with Crippen molar-refractivity contribution in [2.24, 2.45) is 0 Å². The molecule has 0 fully saturated rings. The number of nitrogens with zero attached hydrogens (tertiary/aromatic N) is 2. The predicted octanol–water partition coefficient (Wildman–Crippen LogP) is 15.4. The van der Waals surface area contributed by atoms with Crippen LogP contribution in [-0.2, 0) is 6.42 Å². The van der Waals surface area contributed by atoms with E-state index in [-0.39, 0.29) is 0 Å². The molecule has 10 aromatic rings. The molecule has 0 saturated carbocycles. The molecule has 0 N–H and O–H groups in total. The predicted molar refractivity (Wildman–Crippen MR) is 247 cm³/mol. The van der Waals surface area contributed by atoms with Crippen molar-refractivity contribution in [1.82, 2.24) is 4.57 Å². The van der Waals surface area contributed by atoms with Crippen molar-refractivity contribution in [1.29, 1.82) is 0 Å². The summed E-state index contributed by atoms with van der Waals surface area (Å²) >= 11 is 0. The summed E-state index contributed by atoms with van der Waals surface area (Å²) in [6.45, 7) is 0. The van der Waals surface area contributed by atoms with Crippen LogP contribution < -0.4 is 4.90 Å². The van der Waals surface area contributed by atoms with Crippen molar-refractivity contribution in [2.45, 2.75) is 12.8 Å². The SMILES string of the molecule is C1=Cc2c(ccc3c4ccccc4n(-c4cccc(-c5cccc(N(c6ccc(-c7ccc8ccccc8c7)cc6)c6cccc(-c7ccccc7)c6)c5)c4)c23)CC1. The van der Waals surface area contributed by atoms with Gasteiger partial charge in [-0.15, -0.1) is 0 Å². The number of anilines is 3. The highest BCUT2D eigenvalue weighted by molar-refractivity contribution is 6.12. The molecule has 58 heavy (non-hydrogen) atoms. The van der Waals surface area contributed by atoms with E-state index >= 15 is 0 Å². The second kappa shape index (κ2) is 14.3. The number of aryl methyl sites for hydroxylation is 1. The van der Waals surface area contributed by atoms with Crippen molar-refractivity contribution in [3.05, 3.63) is 223 Å². The molecular formula is C56H40N2. The molecule has 274 valence electrons.